The summed E-state index contributed by atoms with van der Waals surface area (Å²) in [5.41, 5.74) is 2.34. The molecular formula is C18H18ClNO. The Morgan fingerprint density at radius 1 is 1.05 bits per heavy atom. The quantitative estimate of drug-likeness (QED) is 0.687. The van der Waals surface area contributed by atoms with Crippen LogP contribution in [0, 0.1) is 11.3 Å². The van der Waals surface area contributed by atoms with Crippen LogP contribution in [0.25, 0.3) is 0 Å². The highest BCUT2D eigenvalue weighted by Crippen LogP contribution is 2.24. The normalized spacial score (nSPS) is 10.1. The molecule has 0 saturated heterocycles. The lowest BCUT2D eigenvalue weighted by molar-refractivity contribution is 0.318. The van der Waals surface area contributed by atoms with E-state index in [0.717, 1.165) is 30.6 Å². The summed E-state index contributed by atoms with van der Waals surface area (Å²) in [6, 6.07) is 18.1. The van der Waals surface area contributed by atoms with Gasteiger partial charge in [-0.2, -0.15) is 5.26 Å². The average Bonchev–Trinajstić information content (AvgIpc) is 2.51. The van der Waals surface area contributed by atoms with Gasteiger partial charge in [0.05, 0.1) is 12.7 Å². The van der Waals surface area contributed by atoms with Gasteiger partial charge in [-0.3, -0.25) is 0 Å². The van der Waals surface area contributed by atoms with Crippen molar-refractivity contribution in [3.05, 3.63) is 64.7 Å². The Balaban J connectivity index is 1.94. The van der Waals surface area contributed by atoms with Crippen molar-refractivity contribution < 1.29 is 4.74 Å². The Morgan fingerprint density at radius 3 is 2.62 bits per heavy atom. The van der Waals surface area contributed by atoms with Gasteiger partial charge in [0.25, 0.3) is 0 Å². The van der Waals surface area contributed by atoms with Gasteiger partial charge >= 0.3 is 0 Å². The van der Waals surface area contributed by atoms with E-state index in [1.165, 1.54) is 5.56 Å². The molecule has 108 valence electrons. The topological polar surface area (TPSA) is 33.0 Å². The van der Waals surface area contributed by atoms with Crippen molar-refractivity contribution >= 4 is 11.6 Å². The van der Waals surface area contributed by atoms with Crippen LogP contribution in [0.2, 0.25) is 5.02 Å². The van der Waals surface area contributed by atoms with E-state index in [4.69, 9.17) is 21.6 Å². The van der Waals surface area contributed by atoms with Gasteiger partial charge in [0.1, 0.15) is 5.75 Å². The highest BCUT2D eigenvalue weighted by molar-refractivity contribution is 6.30. The maximum atomic E-state index is 8.63. The predicted octanol–water partition coefficient (Wildman–Crippen LogP) is 4.81. The molecule has 0 aliphatic rings. The maximum absolute atomic E-state index is 8.63. The lowest BCUT2D eigenvalue weighted by Gasteiger charge is -2.11. The number of ether oxygens (including phenoxy) is 1. The second-order valence-electron chi connectivity index (χ2n) is 4.85. The van der Waals surface area contributed by atoms with Crippen LogP contribution in [0.5, 0.6) is 5.75 Å². The monoisotopic (exact) mass is 299 g/mol. The van der Waals surface area contributed by atoms with Crippen molar-refractivity contribution in [3.8, 4) is 11.8 Å². The van der Waals surface area contributed by atoms with E-state index >= 15 is 0 Å². The zero-order valence-electron chi connectivity index (χ0n) is 11.9. The van der Waals surface area contributed by atoms with Crippen molar-refractivity contribution in [2.45, 2.75) is 25.7 Å². The number of nitrogens with zero attached hydrogens (tertiary/aromatic N) is 1. The molecule has 0 fully saturated rings. The van der Waals surface area contributed by atoms with E-state index < -0.39 is 0 Å². The van der Waals surface area contributed by atoms with Gasteiger partial charge in [-0.05, 0) is 42.2 Å². The number of benzene rings is 2. The van der Waals surface area contributed by atoms with E-state index in [1.807, 2.05) is 36.4 Å². The molecule has 2 aromatic carbocycles. The van der Waals surface area contributed by atoms with Crippen LogP contribution < -0.4 is 4.74 Å². The van der Waals surface area contributed by atoms with Crippen LogP contribution >= 0.6 is 11.6 Å². The van der Waals surface area contributed by atoms with E-state index in [9.17, 15) is 0 Å². The second-order valence-corrected chi connectivity index (χ2v) is 5.28. The Labute approximate surface area is 130 Å². The fraction of sp³-hybridized carbons (Fsp3) is 0.278. The maximum Gasteiger partial charge on any atom is 0.122 e. The third kappa shape index (κ3) is 5.13. The molecule has 0 spiro atoms. The van der Waals surface area contributed by atoms with Gasteiger partial charge in [0.15, 0.2) is 0 Å². The summed E-state index contributed by atoms with van der Waals surface area (Å²) in [4.78, 5) is 0. The van der Waals surface area contributed by atoms with Gasteiger partial charge in [-0.1, -0.05) is 41.9 Å². The number of rotatable bonds is 7. The molecule has 2 rings (SSSR count). The standard InChI is InChI=1S/C18H18ClNO/c19-17-9-10-18(16(14-17)8-4-5-12-20)21-13-11-15-6-2-1-3-7-15/h1-3,6-7,9-10,14H,4-5,8,11,13H2. The largest absolute Gasteiger partial charge is 0.493 e. The Bertz CT molecular complexity index is 604. The summed E-state index contributed by atoms with van der Waals surface area (Å²) in [5.74, 6) is 0.869. The highest BCUT2D eigenvalue weighted by Gasteiger charge is 2.05. The molecule has 0 amide bonds. The minimum atomic E-state index is 0.552. The number of hydrogen-bond donors (Lipinski definition) is 0. The Hall–Kier alpha value is -1.98. The molecule has 0 atom stereocenters. The molecule has 0 heterocycles. The molecule has 2 aromatic rings. The first-order chi connectivity index (χ1) is 10.3. The Kier molecular flexibility index (Phi) is 6.12. The molecule has 0 saturated carbocycles. The van der Waals surface area contributed by atoms with Crippen LogP contribution in [0.4, 0.5) is 0 Å². The number of unbranched alkanes of at least 4 members (excludes halogenated alkanes) is 1. The molecule has 2 nitrogen and oxygen atoms in total. The van der Waals surface area contributed by atoms with E-state index in [2.05, 4.69) is 18.2 Å². The van der Waals surface area contributed by atoms with E-state index in [0.29, 0.717) is 18.1 Å². The van der Waals surface area contributed by atoms with Crippen LogP contribution in [-0.4, -0.2) is 6.61 Å². The van der Waals surface area contributed by atoms with Crippen LogP contribution in [0.3, 0.4) is 0 Å². The first kappa shape index (κ1) is 15.4. The van der Waals surface area contributed by atoms with Crippen molar-refractivity contribution in [1.29, 1.82) is 5.26 Å². The number of halogens is 1. The van der Waals surface area contributed by atoms with Crippen LogP contribution in [0.1, 0.15) is 24.0 Å². The summed E-state index contributed by atoms with van der Waals surface area (Å²) in [6.07, 6.45) is 3.07. The predicted molar refractivity (Wildman–Crippen MR) is 85.6 cm³/mol. The molecule has 0 aromatic heterocycles. The van der Waals surface area contributed by atoms with Gasteiger partial charge < -0.3 is 4.74 Å². The Morgan fingerprint density at radius 2 is 1.86 bits per heavy atom. The number of nitriles is 1. The second kappa shape index (κ2) is 8.34. The molecule has 21 heavy (non-hydrogen) atoms. The highest BCUT2D eigenvalue weighted by atomic mass is 35.5. The molecule has 0 unspecified atom stereocenters. The summed E-state index contributed by atoms with van der Waals surface area (Å²) in [7, 11) is 0. The third-order valence-corrected chi connectivity index (χ3v) is 3.48. The summed E-state index contributed by atoms with van der Waals surface area (Å²) < 4.78 is 5.89. The zero-order valence-corrected chi connectivity index (χ0v) is 12.6. The van der Waals surface area contributed by atoms with Gasteiger partial charge in [0, 0.05) is 17.9 Å². The van der Waals surface area contributed by atoms with Gasteiger partial charge in [0.2, 0.25) is 0 Å². The van der Waals surface area contributed by atoms with E-state index in [-0.39, 0.29) is 0 Å². The minimum Gasteiger partial charge on any atom is -0.493 e. The fourth-order valence-corrected chi connectivity index (χ4v) is 2.36. The summed E-state index contributed by atoms with van der Waals surface area (Å²) in [6.45, 7) is 0.636. The molecule has 3 heteroatoms. The SMILES string of the molecule is N#CCCCc1cc(Cl)ccc1OCCc1ccccc1. The zero-order chi connectivity index (χ0) is 14.9. The van der Waals surface area contributed by atoms with Crippen molar-refractivity contribution in [2.24, 2.45) is 0 Å². The smallest absolute Gasteiger partial charge is 0.122 e. The number of aryl methyl sites for hydroxylation is 1. The van der Waals surface area contributed by atoms with Gasteiger partial charge in [-0.25, -0.2) is 0 Å². The van der Waals surface area contributed by atoms with Crippen LogP contribution in [0.15, 0.2) is 48.5 Å². The first-order valence-corrected chi connectivity index (χ1v) is 7.49. The van der Waals surface area contributed by atoms with Crippen molar-refractivity contribution in [1.82, 2.24) is 0 Å². The van der Waals surface area contributed by atoms with Gasteiger partial charge in [-0.15, -0.1) is 0 Å². The first-order valence-electron chi connectivity index (χ1n) is 7.11. The summed E-state index contributed by atoms with van der Waals surface area (Å²) >= 11 is 6.04. The minimum absolute atomic E-state index is 0.552. The third-order valence-electron chi connectivity index (χ3n) is 3.25. The molecule has 0 aliphatic carbocycles. The molecule has 0 aliphatic heterocycles. The fourth-order valence-electron chi connectivity index (χ4n) is 2.17. The average molecular weight is 300 g/mol. The molecular weight excluding hydrogens is 282 g/mol. The lowest BCUT2D eigenvalue weighted by atomic mass is 10.1. The molecule has 0 N–H and O–H groups in total. The summed E-state index contributed by atoms with van der Waals surface area (Å²) in [5, 5.41) is 9.33. The lowest BCUT2D eigenvalue weighted by Crippen LogP contribution is -2.03. The number of hydrogen-bond acceptors (Lipinski definition) is 2. The van der Waals surface area contributed by atoms with Crippen molar-refractivity contribution in [2.75, 3.05) is 6.61 Å². The molecule has 0 bridgehead atoms. The van der Waals surface area contributed by atoms with Crippen LogP contribution in [-0.2, 0) is 12.8 Å². The van der Waals surface area contributed by atoms with E-state index in [1.54, 1.807) is 0 Å². The molecule has 0 radical (unpaired) electrons. The van der Waals surface area contributed by atoms with Crippen molar-refractivity contribution in [3.63, 3.8) is 0 Å².